The molecule has 0 spiro atoms. The molecule has 0 unspecified atom stereocenters. The minimum atomic E-state index is -4.57. The van der Waals surface area contributed by atoms with Crippen molar-refractivity contribution in [1.82, 2.24) is 10.3 Å². The summed E-state index contributed by atoms with van der Waals surface area (Å²) in [6.07, 6.45) is -3.97. The highest BCUT2D eigenvalue weighted by Gasteiger charge is 2.35. The molecule has 0 aliphatic rings. The van der Waals surface area contributed by atoms with Crippen LogP contribution in [0.4, 0.5) is 13.2 Å². The molecular weight excluding hydrogens is 293 g/mol. The summed E-state index contributed by atoms with van der Waals surface area (Å²) in [6, 6.07) is 1.87. The first-order valence-electron chi connectivity index (χ1n) is 5.64. The van der Waals surface area contributed by atoms with Gasteiger partial charge in [-0.05, 0) is 25.5 Å². The van der Waals surface area contributed by atoms with Gasteiger partial charge < -0.3 is 9.73 Å². The molecule has 1 N–H and O–H groups in total. The maximum absolute atomic E-state index is 12.3. The van der Waals surface area contributed by atoms with E-state index in [1.807, 2.05) is 13.0 Å². The molecule has 20 heavy (non-hydrogen) atoms. The van der Waals surface area contributed by atoms with Gasteiger partial charge in [0.2, 0.25) is 11.7 Å². The van der Waals surface area contributed by atoms with Crippen molar-refractivity contribution in [3.63, 3.8) is 0 Å². The van der Waals surface area contributed by atoms with E-state index in [1.165, 1.54) is 11.3 Å². The van der Waals surface area contributed by atoms with E-state index in [9.17, 15) is 18.0 Å². The van der Waals surface area contributed by atoms with Gasteiger partial charge in [-0.25, -0.2) is 4.98 Å². The summed E-state index contributed by atoms with van der Waals surface area (Å²) in [5.74, 6) is -1.71. The highest BCUT2D eigenvalue weighted by atomic mass is 32.1. The quantitative estimate of drug-likeness (QED) is 0.946. The molecule has 0 fully saturated rings. The average molecular weight is 304 g/mol. The maximum atomic E-state index is 12.3. The van der Waals surface area contributed by atoms with Crippen molar-refractivity contribution >= 4 is 17.2 Å². The third kappa shape index (κ3) is 3.19. The normalized spacial score (nSPS) is 11.7. The Bertz CT molecular complexity index is 631. The molecule has 2 aromatic heterocycles. The Morgan fingerprint density at radius 3 is 2.65 bits per heavy atom. The van der Waals surface area contributed by atoms with Crippen LogP contribution in [-0.4, -0.2) is 10.9 Å². The van der Waals surface area contributed by atoms with Gasteiger partial charge in [0.1, 0.15) is 0 Å². The highest BCUT2D eigenvalue weighted by molar-refractivity contribution is 7.14. The first-order chi connectivity index (χ1) is 9.27. The summed E-state index contributed by atoms with van der Waals surface area (Å²) < 4.78 is 41.4. The predicted molar refractivity (Wildman–Crippen MR) is 66.5 cm³/mol. The molecule has 108 valence electrons. The number of thiophene rings is 1. The van der Waals surface area contributed by atoms with Crippen LogP contribution >= 0.6 is 11.3 Å². The Morgan fingerprint density at radius 2 is 2.15 bits per heavy atom. The van der Waals surface area contributed by atoms with Crippen molar-refractivity contribution < 1.29 is 22.4 Å². The van der Waals surface area contributed by atoms with E-state index in [4.69, 9.17) is 0 Å². The third-order valence-corrected chi connectivity index (χ3v) is 3.63. The molecule has 4 nitrogen and oxygen atoms in total. The average Bonchev–Trinajstić information content (AvgIpc) is 2.92. The minimum Gasteiger partial charge on any atom is -0.434 e. The summed E-state index contributed by atoms with van der Waals surface area (Å²) in [7, 11) is 0. The second-order valence-electron chi connectivity index (χ2n) is 4.17. The lowest BCUT2D eigenvalue weighted by molar-refractivity contribution is -0.153. The topological polar surface area (TPSA) is 55.1 Å². The number of hydrogen-bond acceptors (Lipinski definition) is 4. The molecule has 0 saturated carbocycles. The second-order valence-corrected chi connectivity index (χ2v) is 5.42. The van der Waals surface area contributed by atoms with E-state index >= 15 is 0 Å². The molecular formula is C12H11F3N2O2S. The number of hydrogen-bond donors (Lipinski definition) is 1. The molecule has 0 atom stereocenters. The van der Waals surface area contributed by atoms with Gasteiger partial charge in [0.05, 0.1) is 17.6 Å². The van der Waals surface area contributed by atoms with Crippen LogP contribution in [0.2, 0.25) is 0 Å². The highest BCUT2D eigenvalue weighted by Crippen LogP contribution is 2.29. The fourth-order valence-electron chi connectivity index (χ4n) is 1.63. The zero-order chi connectivity index (χ0) is 14.9. The molecule has 8 heteroatoms. The smallest absolute Gasteiger partial charge is 0.434 e. The van der Waals surface area contributed by atoms with E-state index in [0.717, 1.165) is 10.4 Å². The Morgan fingerprint density at radius 1 is 1.45 bits per heavy atom. The molecule has 0 bridgehead atoms. The van der Waals surface area contributed by atoms with Crippen LogP contribution in [0.3, 0.4) is 0 Å². The van der Waals surface area contributed by atoms with E-state index in [2.05, 4.69) is 14.7 Å². The van der Waals surface area contributed by atoms with Gasteiger partial charge in [-0.3, -0.25) is 4.79 Å². The van der Waals surface area contributed by atoms with E-state index in [1.54, 1.807) is 6.92 Å². The Kier molecular flexibility index (Phi) is 3.85. The van der Waals surface area contributed by atoms with E-state index in [0.29, 0.717) is 11.1 Å². The summed E-state index contributed by atoms with van der Waals surface area (Å²) in [5.41, 5.74) is 0.827. The SMILES string of the molecule is Cc1cc(C)c(C(=O)NCc2ncc(C(F)(F)F)o2)s1. The fraction of sp³-hybridized carbons (Fsp3) is 0.333. The summed E-state index contributed by atoms with van der Waals surface area (Å²) in [6.45, 7) is 3.48. The number of aryl methyl sites for hydroxylation is 2. The van der Waals surface area contributed by atoms with Crippen molar-refractivity contribution in [2.75, 3.05) is 0 Å². The summed E-state index contributed by atoms with van der Waals surface area (Å²) in [4.78, 5) is 16.9. The number of alkyl halides is 3. The number of amides is 1. The minimum absolute atomic E-state index is 0.184. The number of carbonyl (C=O) groups excluding carboxylic acids is 1. The molecule has 2 heterocycles. The van der Waals surface area contributed by atoms with Crippen LogP contribution < -0.4 is 5.32 Å². The Balaban J connectivity index is 2.00. The number of rotatable bonds is 3. The molecule has 2 rings (SSSR count). The molecule has 0 aromatic carbocycles. The van der Waals surface area contributed by atoms with Gasteiger partial charge in [0.15, 0.2) is 0 Å². The number of nitrogens with one attached hydrogen (secondary N) is 1. The van der Waals surface area contributed by atoms with Crippen LogP contribution in [0, 0.1) is 13.8 Å². The Labute approximate surface area is 116 Å². The van der Waals surface area contributed by atoms with Crippen molar-refractivity contribution in [1.29, 1.82) is 0 Å². The standard InChI is InChI=1S/C12H11F3N2O2S/c1-6-3-7(2)20-10(6)11(18)17-5-9-16-4-8(19-9)12(13,14)15/h3-4H,5H2,1-2H3,(H,17,18). The van der Waals surface area contributed by atoms with Crippen LogP contribution in [0.5, 0.6) is 0 Å². The lowest BCUT2D eigenvalue weighted by Crippen LogP contribution is -2.22. The van der Waals surface area contributed by atoms with Gasteiger partial charge in [0.25, 0.3) is 5.91 Å². The van der Waals surface area contributed by atoms with Gasteiger partial charge in [-0.1, -0.05) is 0 Å². The van der Waals surface area contributed by atoms with Gasteiger partial charge in [-0.2, -0.15) is 13.2 Å². The zero-order valence-electron chi connectivity index (χ0n) is 10.7. The first-order valence-corrected chi connectivity index (χ1v) is 6.46. The molecule has 0 aliphatic heterocycles. The number of aromatic nitrogens is 1. The lowest BCUT2D eigenvalue weighted by atomic mass is 10.2. The largest absolute Gasteiger partial charge is 0.451 e. The zero-order valence-corrected chi connectivity index (χ0v) is 11.5. The molecule has 0 saturated heterocycles. The molecule has 1 amide bonds. The number of halogens is 3. The summed E-state index contributed by atoms with van der Waals surface area (Å²) in [5, 5.41) is 2.48. The monoisotopic (exact) mass is 304 g/mol. The van der Waals surface area contributed by atoms with Gasteiger partial charge in [-0.15, -0.1) is 11.3 Å². The van der Waals surface area contributed by atoms with Crippen LogP contribution in [0.1, 0.15) is 31.8 Å². The van der Waals surface area contributed by atoms with Crippen molar-refractivity contribution in [2.45, 2.75) is 26.6 Å². The van der Waals surface area contributed by atoms with Gasteiger partial charge in [0, 0.05) is 4.88 Å². The van der Waals surface area contributed by atoms with E-state index in [-0.39, 0.29) is 18.3 Å². The maximum Gasteiger partial charge on any atom is 0.451 e. The lowest BCUT2D eigenvalue weighted by Gasteiger charge is -2.02. The molecule has 0 aliphatic carbocycles. The van der Waals surface area contributed by atoms with Gasteiger partial charge >= 0.3 is 6.18 Å². The third-order valence-electron chi connectivity index (χ3n) is 2.48. The van der Waals surface area contributed by atoms with Crippen LogP contribution in [-0.2, 0) is 12.7 Å². The summed E-state index contributed by atoms with van der Waals surface area (Å²) >= 11 is 1.32. The van der Waals surface area contributed by atoms with Crippen LogP contribution in [0.15, 0.2) is 16.7 Å². The molecule has 0 radical (unpaired) electrons. The van der Waals surface area contributed by atoms with Crippen molar-refractivity contribution in [3.8, 4) is 0 Å². The van der Waals surface area contributed by atoms with Crippen LogP contribution in [0.25, 0.3) is 0 Å². The second kappa shape index (κ2) is 5.28. The number of carbonyl (C=O) groups is 1. The molecule has 2 aromatic rings. The predicted octanol–water partition coefficient (Wildman–Crippen LogP) is 3.30. The van der Waals surface area contributed by atoms with E-state index < -0.39 is 11.9 Å². The van der Waals surface area contributed by atoms with Crippen molar-refractivity contribution in [3.05, 3.63) is 39.2 Å². The number of nitrogens with zero attached hydrogens (tertiary/aromatic N) is 1. The van der Waals surface area contributed by atoms with Crippen molar-refractivity contribution in [2.24, 2.45) is 0 Å². The first kappa shape index (κ1) is 14.6. The fourth-order valence-corrected chi connectivity index (χ4v) is 2.57. The number of oxazole rings is 1. The Hall–Kier alpha value is -1.83.